The van der Waals surface area contributed by atoms with Gasteiger partial charge in [0.05, 0.1) is 5.56 Å². The molecule has 0 radical (unpaired) electrons. The number of fused-ring (bicyclic) bond motifs is 1. The minimum absolute atomic E-state index is 0.0771. The van der Waals surface area contributed by atoms with Crippen LogP contribution in [0.5, 0.6) is 0 Å². The average molecular weight is 388 g/mol. The second kappa shape index (κ2) is 7.59. The summed E-state index contributed by atoms with van der Waals surface area (Å²) in [6.45, 7) is 1.73. The van der Waals surface area contributed by atoms with Gasteiger partial charge in [-0.15, -0.1) is 0 Å². The molecule has 0 saturated heterocycles. The molecule has 3 rings (SSSR count). The third-order valence-electron chi connectivity index (χ3n) is 4.01. The van der Waals surface area contributed by atoms with Crippen LogP contribution in [0.25, 0.3) is 17.0 Å². The Hall–Kier alpha value is -3.55. The Morgan fingerprint density at radius 3 is 2.32 bits per heavy atom. The summed E-state index contributed by atoms with van der Waals surface area (Å²) in [6, 6.07) is 11.5. The number of carbonyl (C=O) groups is 2. The van der Waals surface area contributed by atoms with Gasteiger partial charge in [-0.25, -0.2) is 0 Å². The SMILES string of the molecule is Cc1c(C(=O)NNC(=O)/C=C/c2ccc(C(F)(F)F)cc2)oc2ccccc12. The summed E-state index contributed by atoms with van der Waals surface area (Å²) >= 11 is 0. The molecule has 2 N–H and O–H groups in total. The molecule has 1 aromatic heterocycles. The van der Waals surface area contributed by atoms with Gasteiger partial charge in [0.2, 0.25) is 0 Å². The molecule has 2 aromatic carbocycles. The van der Waals surface area contributed by atoms with Crippen LogP contribution in [0.3, 0.4) is 0 Å². The predicted octanol–water partition coefficient (Wildman–Crippen LogP) is 4.23. The first kappa shape index (κ1) is 19.2. The van der Waals surface area contributed by atoms with E-state index in [9.17, 15) is 22.8 Å². The Kier molecular flexibility index (Phi) is 5.21. The van der Waals surface area contributed by atoms with Gasteiger partial charge in [-0.1, -0.05) is 30.3 Å². The van der Waals surface area contributed by atoms with E-state index in [1.54, 1.807) is 19.1 Å². The molecule has 0 aliphatic rings. The van der Waals surface area contributed by atoms with Gasteiger partial charge in [-0.3, -0.25) is 20.4 Å². The van der Waals surface area contributed by atoms with Gasteiger partial charge < -0.3 is 4.42 Å². The number of alkyl halides is 3. The summed E-state index contributed by atoms with van der Waals surface area (Å²) in [4.78, 5) is 24.0. The second-order valence-corrected chi connectivity index (χ2v) is 5.95. The summed E-state index contributed by atoms with van der Waals surface area (Å²) in [6.07, 6.45) is -2.00. The number of aryl methyl sites for hydroxylation is 1. The van der Waals surface area contributed by atoms with E-state index in [4.69, 9.17) is 4.42 Å². The average Bonchev–Trinajstić information content (AvgIpc) is 3.01. The molecule has 28 heavy (non-hydrogen) atoms. The van der Waals surface area contributed by atoms with Crippen molar-refractivity contribution >= 4 is 28.9 Å². The van der Waals surface area contributed by atoms with E-state index < -0.39 is 23.6 Å². The number of carbonyl (C=O) groups excluding carboxylic acids is 2. The maximum Gasteiger partial charge on any atom is 0.416 e. The largest absolute Gasteiger partial charge is 0.451 e. The van der Waals surface area contributed by atoms with Crippen LogP contribution in [0, 0.1) is 6.92 Å². The van der Waals surface area contributed by atoms with Crippen molar-refractivity contribution in [2.24, 2.45) is 0 Å². The minimum atomic E-state index is -4.42. The fraction of sp³-hybridized carbons (Fsp3) is 0.100. The molecule has 0 bridgehead atoms. The van der Waals surface area contributed by atoms with Crippen LogP contribution in [0.4, 0.5) is 13.2 Å². The van der Waals surface area contributed by atoms with Crippen molar-refractivity contribution in [1.29, 1.82) is 0 Å². The quantitative estimate of drug-likeness (QED) is 0.521. The number of hydrogen-bond donors (Lipinski definition) is 2. The zero-order chi connectivity index (χ0) is 20.3. The molecule has 144 valence electrons. The topological polar surface area (TPSA) is 71.3 Å². The van der Waals surface area contributed by atoms with Gasteiger partial charge in [0.15, 0.2) is 5.76 Å². The first-order valence-electron chi connectivity index (χ1n) is 8.19. The number of hydrazine groups is 1. The third-order valence-corrected chi connectivity index (χ3v) is 4.01. The summed E-state index contributed by atoms with van der Waals surface area (Å²) in [7, 11) is 0. The van der Waals surface area contributed by atoms with Crippen molar-refractivity contribution in [2.45, 2.75) is 13.1 Å². The lowest BCUT2D eigenvalue weighted by atomic mass is 10.1. The van der Waals surface area contributed by atoms with Crippen LogP contribution in [-0.2, 0) is 11.0 Å². The summed E-state index contributed by atoms with van der Waals surface area (Å²) in [5.74, 6) is -1.19. The zero-order valence-electron chi connectivity index (χ0n) is 14.6. The number of para-hydroxylation sites is 1. The van der Waals surface area contributed by atoms with E-state index >= 15 is 0 Å². The number of rotatable bonds is 3. The van der Waals surface area contributed by atoms with Gasteiger partial charge >= 0.3 is 12.1 Å². The molecule has 5 nitrogen and oxygen atoms in total. The van der Waals surface area contributed by atoms with Crippen LogP contribution in [-0.4, -0.2) is 11.8 Å². The van der Waals surface area contributed by atoms with Crippen molar-refractivity contribution in [3.63, 3.8) is 0 Å². The Morgan fingerprint density at radius 2 is 1.68 bits per heavy atom. The predicted molar refractivity (Wildman–Crippen MR) is 97.0 cm³/mol. The Bertz CT molecular complexity index is 1050. The molecule has 0 aliphatic carbocycles. The first-order chi connectivity index (χ1) is 13.3. The highest BCUT2D eigenvalue weighted by Gasteiger charge is 2.29. The lowest BCUT2D eigenvalue weighted by Gasteiger charge is -2.06. The van der Waals surface area contributed by atoms with Crippen LogP contribution in [0.2, 0.25) is 0 Å². The lowest BCUT2D eigenvalue weighted by Crippen LogP contribution is -2.40. The standard InChI is InChI=1S/C20H15F3N2O3/c1-12-15-4-2-3-5-16(15)28-18(12)19(27)25-24-17(26)11-8-13-6-9-14(10-7-13)20(21,22)23/h2-11H,1H3,(H,24,26)(H,25,27)/b11-8+. The smallest absolute Gasteiger partial charge is 0.416 e. The van der Waals surface area contributed by atoms with Crippen molar-refractivity contribution in [3.05, 3.63) is 77.1 Å². The molecule has 8 heteroatoms. The maximum atomic E-state index is 12.5. The van der Waals surface area contributed by atoms with E-state index in [2.05, 4.69) is 10.9 Å². The highest BCUT2D eigenvalue weighted by molar-refractivity contribution is 6.00. The summed E-state index contributed by atoms with van der Waals surface area (Å²) < 4.78 is 43.0. The first-order valence-corrected chi connectivity index (χ1v) is 8.19. The highest BCUT2D eigenvalue weighted by atomic mass is 19.4. The number of hydrogen-bond acceptors (Lipinski definition) is 3. The Morgan fingerprint density at radius 1 is 1.00 bits per heavy atom. The summed E-state index contributed by atoms with van der Waals surface area (Å²) in [5.41, 5.74) is 5.25. The molecule has 0 unspecified atom stereocenters. The molecule has 0 spiro atoms. The molecular formula is C20H15F3N2O3. The molecule has 0 atom stereocenters. The molecule has 0 saturated carbocycles. The van der Waals surface area contributed by atoms with Crippen LogP contribution in [0.1, 0.15) is 27.2 Å². The van der Waals surface area contributed by atoms with Crippen molar-refractivity contribution in [2.75, 3.05) is 0 Å². The molecule has 2 amide bonds. The number of furan rings is 1. The van der Waals surface area contributed by atoms with E-state index in [0.717, 1.165) is 23.6 Å². The minimum Gasteiger partial charge on any atom is -0.451 e. The fourth-order valence-electron chi connectivity index (χ4n) is 2.56. The Labute approximate surface area is 157 Å². The third kappa shape index (κ3) is 4.22. The number of halogens is 3. The van der Waals surface area contributed by atoms with Gasteiger partial charge in [0, 0.05) is 17.0 Å². The van der Waals surface area contributed by atoms with E-state index in [-0.39, 0.29) is 5.76 Å². The highest BCUT2D eigenvalue weighted by Crippen LogP contribution is 2.29. The van der Waals surface area contributed by atoms with Crippen molar-refractivity contribution in [1.82, 2.24) is 10.9 Å². The van der Waals surface area contributed by atoms with Gasteiger partial charge in [0.1, 0.15) is 5.58 Å². The van der Waals surface area contributed by atoms with Crippen molar-refractivity contribution < 1.29 is 27.2 Å². The zero-order valence-corrected chi connectivity index (χ0v) is 14.6. The summed E-state index contributed by atoms with van der Waals surface area (Å²) in [5, 5.41) is 0.793. The number of nitrogens with one attached hydrogen (secondary N) is 2. The molecule has 0 aliphatic heterocycles. The van der Waals surface area contributed by atoms with Gasteiger partial charge in [-0.2, -0.15) is 13.2 Å². The maximum absolute atomic E-state index is 12.5. The number of amides is 2. The second-order valence-electron chi connectivity index (χ2n) is 5.95. The molecule has 3 aromatic rings. The number of benzene rings is 2. The molecule has 1 heterocycles. The molecule has 0 fully saturated rings. The van der Waals surface area contributed by atoms with Gasteiger partial charge in [0.25, 0.3) is 5.91 Å². The van der Waals surface area contributed by atoms with Crippen molar-refractivity contribution in [3.8, 4) is 0 Å². The fourth-order valence-corrected chi connectivity index (χ4v) is 2.56. The van der Waals surface area contributed by atoms with Crippen LogP contribution >= 0.6 is 0 Å². The normalized spacial score (nSPS) is 11.7. The monoisotopic (exact) mass is 388 g/mol. The van der Waals surface area contributed by atoms with Gasteiger partial charge in [-0.05, 0) is 36.8 Å². The van der Waals surface area contributed by atoms with E-state index in [1.165, 1.54) is 18.2 Å². The van der Waals surface area contributed by atoms with E-state index in [1.807, 2.05) is 12.1 Å². The molecular weight excluding hydrogens is 373 g/mol. The lowest BCUT2D eigenvalue weighted by molar-refractivity contribution is -0.137. The van der Waals surface area contributed by atoms with Crippen LogP contribution in [0.15, 0.2) is 59.0 Å². The van der Waals surface area contributed by atoms with Crippen LogP contribution < -0.4 is 10.9 Å². The Balaban J connectivity index is 1.59. The van der Waals surface area contributed by atoms with E-state index in [0.29, 0.717) is 16.7 Å².